The minimum Gasteiger partial charge on any atom is -0.436 e. The Balaban J connectivity index is 1.58. The van der Waals surface area contributed by atoms with Crippen LogP contribution in [0.15, 0.2) is 76.0 Å². The lowest BCUT2D eigenvalue weighted by atomic mass is 9.95. The highest BCUT2D eigenvalue weighted by molar-refractivity contribution is 7.85. The van der Waals surface area contributed by atoms with Gasteiger partial charge in [-0.1, -0.05) is 30.3 Å². The van der Waals surface area contributed by atoms with Gasteiger partial charge in [0.25, 0.3) is 10.1 Å². The highest BCUT2D eigenvalue weighted by Crippen LogP contribution is 2.35. The van der Waals surface area contributed by atoms with Crippen molar-refractivity contribution in [2.75, 3.05) is 5.73 Å². The van der Waals surface area contributed by atoms with Gasteiger partial charge in [0, 0.05) is 16.8 Å². The van der Waals surface area contributed by atoms with Crippen molar-refractivity contribution in [3.63, 3.8) is 0 Å². The molecule has 4 rings (SSSR count). The van der Waals surface area contributed by atoms with Crippen LogP contribution in [0.2, 0.25) is 0 Å². The number of rotatable bonds is 6. The predicted molar refractivity (Wildman–Crippen MR) is 118 cm³/mol. The predicted octanol–water partition coefficient (Wildman–Crippen LogP) is 4.78. The van der Waals surface area contributed by atoms with Gasteiger partial charge in [-0.2, -0.15) is 8.42 Å². The van der Waals surface area contributed by atoms with Gasteiger partial charge < -0.3 is 14.9 Å². The van der Waals surface area contributed by atoms with Crippen LogP contribution in [-0.4, -0.2) is 18.0 Å². The monoisotopic (exact) mass is 438 g/mol. The lowest BCUT2D eigenvalue weighted by molar-refractivity contribution is -0.0331. The van der Waals surface area contributed by atoms with Crippen LogP contribution in [0, 0.1) is 0 Å². The fraction of sp³-hybridized carbons (Fsp3) is 0.174. The minimum atomic E-state index is -4.22. The summed E-state index contributed by atoms with van der Waals surface area (Å²) in [4.78, 5) is 4.37. The van der Waals surface area contributed by atoms with Gasteiger partial charge in [-0.05, 0) is 55.8 Å². The maximum atomic E-state index is 11.2. The molecule has 0 unspecified atom stereocenters. The van der Waals surface area contributed by atoms with Crippen molar-refractivity contribution >= 4 is 26.9 Å². The molecule has 0 radical (unpaired) electrons. The molecule has 31 heavy (non-hydrogen) atoms. The number of aromatic nitrogens is 1. The zero-order chi connectivity index (χ0) is 22.2. The Morgan fingerprint density at radius 2 is 1.74 bits per heavy atom. The van der Waals surface area contributed by atoms with Gasteiger partial charge >= 0.3 is 0 Å². The normalized spacial score (nSPS) is 12.4. The summed E-state index contributed by atoms with van der Waals surface area (Å²) >= 11 is 0. The molecule has 0 aliphatic carbocycles. The first kappa shape index (κ1) is 21.0. The van der Waals surface area contributed by atoms with Crippen LogP contribution < -0.4 is 5.73 Å². The van der Waals surface area contributed by atoms with Crippen molar-refractivity contribution in [1.29, 1.82) is 0 Å². The Labute approximate surface area is 180 Å². The van der Waals surface area contributed by atoms with Crippen molar-refractivity contribution in [2.24, 2.45) is 0 Å². The third kappa shape index (κ3) is 4.46. The van der Waals surface area contributed by atoms with E-state index in [1.165, 1.54) is 12.1 Å². The van der Waals surface area contributed by atoms with E-state index in [2.05, 4.69) is 4.98 Å². The number of hydrogen-bond acceptors (Lipinski definition) is 6. The second-order valence-electron chi connectivity index (χ2n) is 7.71. The van der Waals surface area contributed by atoms with Gasteiger partial charge in [0.05, 0.1) is 17.1 Å². The van der Waals surface area contributed by atoms with Crippen LogP contribution in [0.5, 0.6) is 0 Å². The number of fused-ring (bicyclic) bond motifs is 1. The van der Waals surface area contributed by atoms with Crippen LogP contribution in [0.1, 0.15) is 25.0 Å². The van der Waals surface area contributed by atoms with E-state index in [4.69, 9.17) is 19.4 Å². The fourth-order valence-electron chi connectivity index (χ4n) is 3.31. The Kier molecular flexibility index (Phi) is 5.30. The Morgan fingerprint density at radius 1 is 1.06 bits per heavy atom. The lowest BCUT2D eigenvalue weighted by Crippen LogP contribution is -2.23. The van der Waals surface area contributed by atoms with E-state index in [0.717, 1.165) is 16.7 Å². The summed E-state index contributed by atoms with van der Waals surface area (Å²) in [5.74, 6) is 0.518. The molecule has 1 aromatic heterocycles. The first-order chi connectivity index (χ1) is 14.6. The summed E-state index contributed by atoms with van der Waals surface area (Å²) in [6.07, 6.45) is 0. The number of nitrogens with two attached hydrogens (primary N) is 1. The third-order valence-electron chi connectivity index (χ3n) is 5.05. The second kappa shape index (κ2) is 7.81. The summed E-state index contributed by atoms with van der Waals surface area (Å²) in [7, 11) is -4.22. The van der Waals surface area contributed by atoms with E-state index in [-0.39, 0.29) is 11.5 Å². The standard InChI is InChI=1S/C23H22N2O5S/c1-23(2,29-14-15-8-10-17(11-9-15)31(26,27)28)18-12-21-20(13-19(18)24)25-22(30-21)16-6-4-3-5-7-16/h3-13H,14,24H2,1-2H3,(H,26,27,28). The number of anilines is 1. The molecule has 0 saturated heterocycles. The first-order valence-electron chi connectivity index (χ1n) is 9.60. The average Bonchev–Trinajstić information content (AvgIpc) is 3.15. The quantitative estimate of drug-likeness (QED) is 0.329. The molecule has 0 spiro atoms. The molecule has 0 amide bonds. The molecule has 7 nitrogen and oxygen atoms in total. The SMILES string of the molecule is CC(C)(OCc1ccc(S(=O)(=O)O)cc1)c1cc2oc(-c3ccccc3)nc2cc1N. The Bertz CT molecular complexity index is 1330. The number of hydrogen-bond donors (Lipinski definition) is 2. The molecule has 0 bridgehead atoms. The second-order valence-corrected chi connectivity index (χ2v) is 9.13. The van der Waals surface area contributed by atoms with Crippen molar-refractivity contribution < 1.29 is 22.1 Å². The summed E-state index contributed by atoms with van der Waals surface area (Å²) in [6, 6.07) is 19.1. The van der Waals surface area contributed by atoms with Gasteiger partial charge in [0.15, 0.2) is 5.58 Å². The molecule has 3 N–H and O–H groups in total. The molecule has 0 aliphatic heterocycles. The molecular formula is C23H22N2O5S. The Hall–Kier alpha value is -3.20. The number of benzene rings is 3. The third-order valence-corrected chi connectivity index (χ3v) is 5.92. The molecule has 4 aromatic rings. The van der Waals surface area contributed by atoms with Gasteiger partial charge in [-0.3, -0.25) is 4.55 Å². The number of nitrogen functional groups attached to an aromatic ring is 1. The maximum Gasteiger partial charge on any atom is 0.294 e. The number of nitrogens with zero attached hydrogens (tertiary/aromatic N) is 1. The lowest BCUT2D eigenvalue weighted by Gasteiger charge is -2.27. The van der Waals surface area contributed by atoms with E-state index in [1.54, 1.807) is 18.2 Å². The summed E-state index contributed by atoms with van der Waals surface area (Å²) in [5, 5.41) is 0. The Morgan fingerprint density at radius 3 is 2.39 bits per heavy atom. The van der Waals surface area contributed by atoms with Gasteiger partial charge in [-0.25, -0.2) is 4.98 Å². The van der Waals surface area contributed by atoms with Crippen LogP contribution in [0.25, 0.3) is 22.6 Å². The van der Waals surface area contributed by atoms with Crippen molar-refractivity contribution in [3.05, 3.63) is 77.9 Å². The smallest absolute Gasteiger partial charge is 0.294 e. The van der Waals surface area contributed by atoms with Gasteiger partial charge in [0.2, 0.25) is 5.89 Å². The molecule has 0 atom stereocenters. The zero-order valence-corrected chi connectivity index (χ0v) is 17.9. The molecule has 160 valence electrons. The molecule has 8 heteroatoms. The maximum absolute atomic E-state index is 11.2. The summed E-state index contributed by atoms with van der Waals surface area (Å²) in [6.45, 7) is 4.01. The van der Waals surface area contributed by atoms with Crippen molar-refractivity contribution in [2.45, 2.75) is 31.0 Å². The van der Waals surface area contributed by atoms with Crippen LogP contribution in [-0.2, 0) is 27.1 Å². The summed E-state index contributed by atoms with van der Waals surface area (Å²) in [5.41, 5.74) is 9.75. The topological polar surface area (TPSA) is 116 Å². The molecular weight excluding hydrogens is 416 g/mol. The molecule has 3 aromatic carbocycles. The van der Waals surface area contributed by atoms with E-state index in [0.29, 0.717) is 22.7 Å². The van der Waals surface area contributed by atoms with E-state index in [9.17, 15) is 8.42 Å². The largest absolute Gasteiger partial charge is 0.436 e. The van der Waals surface area contributed by atoms with Crippen molar-refractivity contribution in [3.8, 4) is 11.5 Å². The van der Waals surface area contributed by atoms with Crippen LogP contribution >= 0.6 is 0 Å². The highest BCUT2D eigenvalue weighted by Gasteiger charge is 2.26. The molecule has 0 saturated carbocycles. The number of oxazole rings is 1. The van der Waals surface area contributed by atoms with Gasteiger partial charge in [-0.15, -0.1) is 0 Å². The fourth-order valence-corrected chi connectivity index (χ4v) is 3.79. The molecule has 0 fully saturated rings. The first-order valence-corrected chi connectivity index (χ1v) is 11.0. The molecule has 0 aliphatic rings. The summed E-state index contributed by atoms with van der Waals surface area (Å²) < 4.78 is 43.5. The minimum absolute atomic E-state index is 0.162. The van der Waals surface area contributed by atoms with E-state index >= 15 is 0 Å². The highest BCUT2D eigenvalue weighted by atomic mass is 32.2. The van der Waals surface area contributed by atoms with Gasteiger partial charge in [0.1, 0.15) is 5.52 Å². The zero-order valence-electron chi connectivity index (χ0n) is 17.1. The van der Waals surface area contributed by atoms with Crippen LogP contribution in [0.3, 0.4) is 0 Å². The van der Waals surface area contributed by atoms with Crippen LogP contribution in [0.4, 0.5) is 5.69 Å². The van der Waals surface area contributed by atoms with Crippen molar-refractivity contribution in [1.82, 2.24) is 4.98 Å². The molecule has 1 heterocycles. The average molecular weight is 439 g/mol. The van der Waals surface area contributed by atoms with E-state index < -0.39 is 15.7 Å². The number of ether oxygens (including phenoxy) is 1. The van der Waals surface area contributed by atoms with E-state index in [1.807, 2.05) is 50.2 Å².